The number of hydrogen-bond donors (Lipinski definition) is 0. The third kappa shape index (κ3) is 13.5. The molecule has 1 aromatic rings. The quantitative estimate of drug-likeness (QED) is 0.0647. The Kier molecular flexibility index (Phi) is 17.1. The predicted molar refractivity (Wildman–Crippen MR) is 210 cm³/mol. The fraction of sp³-hybridized carbons (Fsp3) is 0.841. The summed E-state index contributed by atoms with van der Waals surface area (Å²) in [5.74, 6) is 0.227. The van der Waals surface area contributed by atoms with Gasteiger partial charge in [-0.15, -0.1) is 0 Å². The molecule has 0 aliphatic rings. The van der Waals surface area contributed by atoms with Gasteiger partial charge in [0.1, 0.15) is 32.2 Å². The summed E-state index contributed by atoms with van der Waals surface area (Å²) >= 11 is 0. The molecule has 50 heavy (non-hydrogen) atoms. The van der Waals surface area contributed by atoms with Gasteiger partial charge in [0, 0.05) is 0 Å². The van der Waals surface area contributed by atoms with Gasteiger partial charge in [-0.2, -0.15) is 0 Å². The molecular formula is C44H81N2O4+. The Morgan fingerprint density at radius 2 is 1.34 bits per heavy atom. The maximum Gasteiger partial charge on any atom is 0.306 e. The molecule has 6 nitrogen and oxygen atoms in total. The van der Waals surface area contributed by atoms with Crippen LogP contribution in [0.15, 0.2) is 30.4 Å². The van der Waals surface area contributed by atoms with Crippen LogP contribution in [0.4, 0.5) is 0 Å². The van der Waals surface area contributed by atoms with E-state index < -0.39 is 0 Å². The summed E-state index contributed by atoms with van der Waals surface area (Å²) in [6.07, 6.45) is 15.7. The standard InChI is InChI=1S/C44H81N2O4/c1-18-39(6,7)32-41(10,11)35(5)44(16,20-3)34(4)40(8,9)30-36(22-21-25-43(14,15)42(12,13)19-2)31-50-38(48)24-23-37(47)49-29-28-46-27-26-45(17)33-46/h22,26-27,33-35H,18-21,23-25,28-32H2,1-17H3/q+1. The lowest BCUT2D eigenvalue weighted by Gasteiger charge is -2.54. The summed E-state index contributed by atoms with van der Waals surface area (Å²) in [6.45, 7) is 39.6. The van der Waals surface area contributed by atoms with E-state index in [0.717, 1.165) is 32.1 Å². The van der Waals surface area contributed by atoms with Gasteiger partial charge in [0.05, 0.1) is 19.9 Å². The van der Waals surface area contributed by atoms with Crippen LogP contribution in [0.3, 0.4) is 0 Å². The van der Waals surface area contributed by atoms with Crippen molar-refractivity contribution < 1.29 is 23.6 Å². The molecule has 0 aliphatic heterocycles. The smallest absolute Gasteiger partial charge is 0.306 e. The molecule has 6 heteroatoms. The van der Waals surface area contributed by atoms with Crippen molar-refractivity contribution >= 4 is 11.9 Å². The second-order valence-electron chi connectivity index (χ2n) is 19.4. The van der Waals surface area contributed by atoms with Gasteiger partial charge in [0.15, 0.2) is 0 Å². The first kappa shape index (κ1) is 45.9. The van der Waals surface area contributed by atoms with Crippen molar-refractivity contribution in [3.8, 4) is 0 Å². The lowest BCUT2D eigenvalue weighted by atomic mass is 9.51. The number of carbonyl (C=O) groups excluding carboxylic acids is 2. The van der Waals surface area contributed by atoms with Crippen LogP contribution < -0.4 is 4.57 Å². The highest BCUT2D eigenvalue weighted by atomic mass is 16.5. The number of aryl methyl sites for hydroxylation is 1. The number of ether oxygens (including phenoxy) is 2. The van der Waals surface area contributed by atoms with Crippen LogP contribution in [0.2, 0.25) is 0 Å². The summed E-state index contributed by atoms with van der Waals surface area (Å²) in [7, 11) is 1.95. The summed E-state index contributed by atoms with van der Waals surface area (Å²) in [4.78, 5) is 25.3. The van der Waals surface area contributed by atoms with Crippen LogP contribution in [-0.2, 0) is 32.7 Å². The molecular weight excluding hydrogens is 620 g/mol. The first-order chi connectivity index (χ1) is 22.8. The molecule has 0 amide bonds. The van der Waals surface area contributed by atoms with E-state index in [1.54, 1.807) is 0 Å². The molecule has 0 aliphatic carbocycles. The molecule has 1 heterocycles. The average Bonchev–Trinajstić information content (AvgIpc) is 3.44. The Labute approximate surface area is 309 Å². The maximum atomic E-state index is 12.9. The molecule has 1 aromatic heterocycles. The molecule has 0 radical (unpaired) electrons. The zero-order chi connectivity index (χ0) is 38.8. The Bertz CT molecular complexity index is 1230. The Morgan fingerprint density at radius 1 is 0.780 bits per heavy atom. The largest absolute Gasteiger partial charge is 0.461 e. The number of carbonyl (C=O) groups is 2. The number of rotatable bonds is 23. The Balaban J connectivity index is 3.11. The van der Waals surface area contributed by atoms with Crippen molar-refractivity contribution in [2.45, 2.75) is 175 Å². The van der Waals surface area contributed by atoms with Crippen molar-refractivity contribution in [1.29, 1.82) is 0 Å². The minimum absolute atomic E-state index is 0.0214. The Hall–Kier alpha value is -2.11. The van der Waals surface area contributed by atoms with Gasteiger partial charge in [-0.1, -0.05) is 136 Å². The molecule has 0 bridgehead atoms. The van der Waals surface area contributed by atoms with Gasteiger partial charge in [0.25, 0.3) is 0 Å². The van der Waals surface area contributed by atoms with E-state index >= 15 is 0 Å². The molecule has 1 rings (SSSR count). The van der Waals surface area contributed by atoms with Gasteiger partial charge in [0.2, 0.25) is 6.33 Å². The topological polar surface area (TPSA) is 61.4 Å². The molecule has 290 valence electrons. The average molecular weight is 702 g/mol. The molecule has 0 saturated heterocycles. The van der Waals surface area contributed by atoms with Gasteiger partial charge in [-0.3, -0.25) is 9.59 Å². The van der Waals surface area contributed by atoms with Gasteiger partial charge < -0.3 is 9.47 Å². The molecule has 3 atom stereocenters. The fourth-order valence-corrected chi connectivity index (χ4v) is 8.08. The number of aromatic nitrogens is 2. The molecule has 0 fully saturated rings. The van der Waals surface area contributed by atoms with Gasteiger partial charge >= 0.3 is 11.9 Å². The van der Waals surface area contributed by atoms with Crippen molar-refractivity contribution in [1.82, 2.24) is 4.57 Å². The van der Waals surface area contributed by atoms with Crippen molar-refractivity contribution in [3.63, 3.8) is 0 Å². The van der Waals surface area contributed by atoms with E-state index in [0.29, 0.717) is 23.8 Å². The summed E-state index contributed by atoms with van der Waals surface area (Å²) in [5, 5.41) is 0. The molecule has 0 aromatic carbocycles. The number of esters is 2. The number of allylic oxidation sites excluding steroid dienone is 1. The van der Waals surface area contributed by atoms with E-state index in [1.165, 1.54) is 18.4 Å². The summed E-state index contributed by atoms with van der Waals surface area (Å²) in [5.41, 5.74) is 2.20. The molecule has 3 unspecified atom stereocenters. The lowest BCUT2D eigenvalue weighted by molar-refractivity contribution is -0.671. The van der Waals surface area contributed by atoms with Gasteiger partial charge in [-0.05, 0) is 75.6 Å². The summed E-state index contributed by atoms with van der Waals surface area (Å²) < 4.78 is 15.2. The van der Waals surface area contributed by atoms with E-state index in [9.17, 15) is 9.59 Å². The minimum atomic E-state index is -0.372. The highest BCUT2D eigenvalue weighted by molar-refractivity contribution is 5.77. The number of imidazole rings is 1. The van der Waals surface area contributed by atoms with Crippen molar-refractivity contribution in [2.24, 2.45) is 51.4 Å². The highest BCUT2D eigenvalue weighted by Gasteiger charge is 2.48. The third-order valence-corrected chi connectivity index (χ3v) is 14.0. The molecule has 0 N–H and O–H groups in total. The fourth-order valence-electron chi connectivity index (χ4n) is 8.08. The first-order valence-electron chi connectivity index (χ1n) is 19.8. The molecule has 0 saturated carbocycles. The van der Waals surface area contributed by atoms with Gasteiger partial charge in [-0.25, -0.2) is 9.13 Å². The third-order valence-electron chi connectivity index (χ3n) is 14.0. The van der Waals surface area contributed by atoms with Crippen molar-refractivity contribution in [2.75, 3.05) is 13.2 Å². The van der Waals surface area contributed by atoms with Crippen LogP contribution in [0.1, 0.15) is 169 Å². The van der Waals surface area contributed by atoms with Crippen LogP contribution in [0, 0.1) is 44.3 Å². The zero-order valence-electron chi connectivity index (χ0n) is 36.0. The monoisotopic (exact) mass is 702 g/mol. The second kappa shape index (κ2) is 18.6. The zero-order valence-corrected chi connectivity index (χ0v) is 36.0. The van der Waals surface area contributed by atoms with Crippen LogP contribution in [-0.4, -0.2) is 29.7 Å². The minimum Gasteiger partial charge on any atom is -0.461 e. The lowest BCUT2D eigenvalue weighted by Crippen LogP contribution is -2.46. The summed E-state index contributed by atoms with van der Waals surface area (Å²) in [6, 6.07) is 0. The normalized spacial score (nSPS) is 16.1. The number of nitrogens with zero attached hydrogens (tertiary/aromatic N) is 2. The number of hydrogen-bond acceptors (Lipinski definition) is 4. The Morgan fingerprint density at radius 3 is 1.84 bits per heavy atom. The van der Waals surface area contributed by atoms with Crippen LogP contribution in [0.25, 0.3) is 0 Å². The van der Waals surface area contributed by atoms with Crippen LogP contribution in [0.5, 0.6) is 0 Å². The van der Waals surface area contributed by atoms with Crippen LogP contribution >= 0.6 is 0 Å². The second-order valence-corrected chi connectivity index (χ2v) is 19.4. The van der Waals surface area contributed by atoms with E-state index in [1.807, 2.05) is 34.9 Å². The highest BCUT2D eigenvalue weighted by Crippen LogP contribution is 2.56. The predicted octanol–water partition coefficient (Wildman–Crippen LogP) is 11.3. The van der Waals surface area contributed by atoms with E-state index in [4.69, 9.17) is 9.47 Å². The SMILES string of the molecule is CCC(C)(C)CC(C)(C)C(C)C(C)(CC)C(C)C(C)(C)CC(=CCCC(C)(C)C(C)(C)CC)COC(=O)CCC(=O)OCCn1cc[n+](C)c1. The maximum absolute atomic E-state index is 12.9. The van der Waals surface area contributed by atoms with E-state index in [2.05, 4.69) is 117 Å². The van der Waals surface area contributed by atoms with E-state index in [-0.39, 0.29) is 65.1 Å². The first-order valence-corrected chi connectivity index (χ1v) is 19.8. The molecule has 0 spiro atoms. The van der Waals surface area contributed by atoms with Crippen molar-refractivity contribution in [3.05, 3.63) is 30.4 Å².